The van der Waals surface area contributed by atoms with Gasteiger partial charge >= 0.3 is 11.9 Å². The molecule has 0 unspecified atom stereocenters. The van der Waals surface area contributed by atoms with E-state index in [1.165, 1.54) is 6.92 Å². The largest absolute Gasteiger partial charge is 0.516 e. The summed E-state index contributed by atoms with van der Waals surface area (Å²) in [6, 6.07) is 11.5. The van der Waals surface area contributed by atoms with Gasteiger partial charge in [-0.25, -0.2) is 4.79 Å². The van der Waals surface area contributed by atoms with Crippen LogP contribution in [-0.4, -0.2) is 39.1 Å². The number of carbonyl (C=O) groups excluding carboxylic acids is 3. The predicted molar refractivity (Wildman–Crippen MR) is 114 cm³/mol. The summed E-state index contributed by atoms with van der Waals surface area (Å²) in [5.74, 6) is -0.0627. The second-order valence-corrected chi connectivity index (χ2v) is 12.8. The first kappa shape index (κ1) is 20.9. The number of ether oxygens (including phenoxy) is 3. The van der Waals surface area contributed by atoms with Crippen molar-refractivity contribution in [1.29, 1.82) is 0 Å². The summed E-state index contributed by atoms with van der Waals surface area (Å²) in [5, 5.41) is 0. The zero-order chi connectivity index (χ0) is 22.3. The molecule has 162 valence electrons. The van der Waals surface area contributed by atoms with E-state index in [2.05, 4.69) is 0 Å². The highest BCUT2D eigenvalue weighted by atomic mass is 28.4. The molecular weight excluding hydrogens is 418 g/mol. The van der Waals surface area contributed by atoms with Crippen LogP contribution in [-0.2, 0) is 18.8 Å². The lowest BCUT2D eigenvalue weighted by molar-refractivity contribution is -0.160. The minimum Gasteiger partial charge on any atom is -0.516 e. The highest BCUT2D eigenvalue weighted by Gasteiger charge is 2.51. The maximum Gasteiger partial charge on any atom is 0.324 e. The van der Waals surface area contributed by atoms with E-state index in [1.54, 1.807) is 41.3 Å². The van der Waals surface area contributed by atoms with Crippen molar-refractivity contribution >= 4 is 31.9 Å². The Kier molecular flexibility index (Phi) is 5.22. The molecular formula is C22H23NO7Si. The van der Waals surface area contributed by atoms with Crippen molar-refractivity contribution in [2.24, 2.45) is 0 Å². The van der Waals surface area contributed by atoms with Gasteiger partial charge in [0, 0.05) is 12.6 Å². The van der Waals surface area contributed by atoms with Crippen molar-refractivity contribution in [3.8, 4) is 11.5 Å². The molecule has 0 radical (unpaired) electrons. The van der Waals surface area contributed by atoms with Crippen molar-refractivity contribution in [2.75, 3.05) is 11.7 Å². The van der Waals surface area contributed by atoms with Gasteiger partial charge in [0.25, 0.3) is 5.91 Å². The van der Waals surface area contributed by atoms with E-state index in [0.29, 0.717) is 22.7 Å². The number of carbonyl (C=O) groups is 3. The summed E-state index contributed by atoms with van der Waals surface area (Å²) >= 11 is 0. The quantitative estimate of drug-likeness (QED) is 0.399. The van der Waals surface area contributed by atoms with E-state index in [0.717, 1.165) is 5.56 Å². The number of hydrogen-bond donors (Lipinski definition) is 0. The Balaban J connectivity index is 1.62. The van der Waals surface area contributed by atoms with E-state index in [1.807, 2.05) is 25.7 Å². The molecule has 4 rings (SSSR count). The standard InChI is InChI=1S/C22H23NO7Si/c1-13(24)29-20-19(15-7-10-17-18(11-15)28-12-27-17)23(21(20)25)16-8-5-14(6-9-16)22(26)30-31(2,3)4/h5-11,19-20H,12H2,1-4H3/t19-,20-/m0/s1. The molecule has 1 amide bonds. The summed E-state index contributed by atoms with van der Waals surface area (Å²) in [4.78, 5) is 38.2. The molecule has 8 nitrogen and oxygen atoms in total. The summed E-state index contributed by atoms with van der Waals surface area (Å²) < 4.78 is 21.6. The third kappa shape index (κ3) is 4.13. The molecule has 2 aromatic carbocycles. The SMILES string of the molecule is CC(=O)O[C@@H]1C(=O)N(c2ccc(C(=O)O[Si](C)(C)C)cc2)[C@H]1c1ccc2c(c1)OCO2. The molecule has 2 atom stereocenters. The first-order valence-corrected chi connectivity index (χ1v) is 13.3. The highest BCUT2D eigenvalue weighted by molar-refractivity contribution is 6.71. The van der Waals surface area contributed by atoms with Crippen molar-refractivity contribution in [1.82, 2.24) is 0 Å². The molecule has 2 aliphatic heterocycles. The molecule has 0 saturated carbocycles. The fourth-order valence-corrected chi connectivity index (χ4v) is 4.23. The molecule has 0 aliphatic carbocycles. The number of rotatable bonds is 5. The Morgan fingerprint density at radius 1 is 1.03 bits per heavy atom. The molecule has 0 bridgehead atoms. The van der Waals surface area contributed by atoms with Crippen LogP contribution in [0.25, 0.3) is 0 Å². The molecule has 0 N–H and O–H groups in total. The van der Waals surface area contributed by atoms with Crippen LogP contribution in [0.3, 0.4) is 0 Å². The number of fused-ring (bicyclic) bond motifs is 1. The second-order valence-electron chi connectivity index (χ2n) is 8.34. The van der Waals surface area contributed by atoms with Gasteiger partial charge < -0.3 is 18.6 Å². The van der Waals surface area contributed by atoms with Gasteiger partial charge in [-0.2, -0.15) is 0 Å². The van der Waals surface area contributed by atoms with Gasteiger partial charge in [0.1, 0.15) is 6.04 Å². The second kappa shape index (κ2) is 7.73. The summed E-state index contributed by atoms with van der Waals surface area (Å²) in [6.07, 6.45) is -0.936. The average molecular weight is 442 g/mol. The molecule has 2 aliphatic rings. The average Bonchev–Trinajstić information content (AvgIpc) is 3.16. The van der Waals surface area contributed by atoms with Gasteiger partial charge in [0.05, 0.1) is 5.56 Å². The van der Waals surface area contributed by atoms with Crippen LogP contribution >= 0.6 is 0 Å². The summed E-state index contributed by atoms with van der Waals surface area (Å²) in [5.41, 5.74) is 1.74. The van der Waals surface area contributed by atoms with Crippen LogP contribution in [0.5, 0.6) is 11.5 Å². The van der Waals surface area contributed by atoms with Gasteiger partial charge in [-0.1, -0.05) is 6.07 Å². The van der Waals surface area contributed by atoms with Crippen LogP contribution in [0.2, 0.25) is 19.6 Å². The lowest BCUT2D eigenvalue weighted by Crippen LogP contribution is -2.60. The molecule has 9 heteroatoms. The fourth-order valence-electron chi connectivity index (χ4n) is 3.56. The minimum absolute atomic E-state index is 0.133. The minimum atomic E-state index is -2.02. The summed E-state index contributed by atoms with van der Waals surface area (Å²) in [7, 11) is -2.02. The highest BCUT2D eigenvalue weighted by Crippen LogP contribution is 2.44. The Labute approximate surface area is 180 Å². The first-order valence-electron chi connectivity index (χ1n) is 9.87. The normalized spacial score (nSPS) is 19.6. The lowest BCUT2D eigenvalue weighted by Gasteiger charge is -2.46. The maximum absolute atomic E-state index is 12.8. The Morgan fingerprint density at radius 3 is 2.35 bits per heavy atom. The molecule has 0 aromatic heterocycles. The van der Waals surface area contributed by atoms with Crippen LogP contribution in [0, 0.1) is 0 Å². The van der Waals surface area contributed by atoms with Gasteiger partial charge in [-0.05, 0) is 61.6 Å². The molecule has 31 heavy (non-hydrogen) atoms. The van der Waals surface area contributed by atoms with E-state index < -0.39 is 26.4 Å². The van der Waals surface area contributed by atoms with Gasteiger partial charge in [-0.15, -0.1) is 0 Å². The van der Waals surface area contributed by atoms with Gasteiger partial charge in [0.2, 0.25) is 21.2 Å². The van der Waals surface area contributed by atoms with Crippen molar-refractivity contribution < 1.29 is 33.0 Å². The van der Waals surface area contributed by atoms with Gasteiger partial charge in [0.15, 0.2) is 11.5 Å². The number of esters is 1. The van der Waals surface area contributed by atoms with Crippen LogP contribution in [0.15, 0.2) is 42.5 Å². The van der Waals surface area contributed by atoms with E-state index in [-0.39, 0.29) is 18.7 Å². The number of β-lactam (4-membered cyclic amide) rings is 1. The number of amides is 1. The Bertz CT molecular complexity index is 1040. The van der Waals surface area contributed by atoms with Crippen molar-refractivity contribution in [2.45, 2.75) is 38.7 Å². The Hall–Kier alpha value is -3.33. The fraction of sp³-hybridized carbons (Fsp3) is 0.318. The zero-order valence-corrected chi connectivity index (χ0v) is 18.7. The molecule has 1 fully saturated rings. The molecule has 1 saturated heterocycles. The smallest absolute Gasteiger partial charge is 0.324 e. The molecule has 2 heterocycles. The van der Waals surface area contributed by atoms with Crippen molar-refractivity contribution in [3.63, 3.8) is 0 Å². The maximum atomic E-state index is 12.8. The van der Waals surface area contributed by atoms with Crippen LogP contribution in [0.1, 0.15) is 28.9 Å². The van der Waals surface area contributed by atoms with Crippen LogP contribution < -0.4 is 14.4 Å². The van der Waals surface area contributed by atoms with E-state index >= 15 is 0 Å². The third-order valence-corrected chi connectivity index (χ3v) is 5.65. The number of anilines is 1. The van der Waals surface area contributed by atoms with E-state index in [9.17, 15) is 14.4 Å². The third-order valence-electron chi connectivity index (χ3n) is 4.86. The first-order chi connectivity index (χ1) is 14.6. The van der Waals surface area contributed by atoms with Crippen LogP contribution in [0.4, 0.5) is 5.69 Å². The number of benzene rings is 2. The number of nitrogens with zero attached hydrogens (tertiary/aromatic N) is 1. The van der Waals surface area contributed by atoms with E-state index in [4.69, 9.17) is 18.6 Å². The van der Waals surface area contributed by atoms with Crippen molar-refractivity contribution in [3.05, 3.63) is 53.6 Å². The topological polar surface area (TPSA) is 91.4 Å². The number of hydrogen-bond acceptors (Lipinski definition) is 7. The Morgan fingerprint density at radius 2 is 1.71 bits per heavy atom. The van der Waals surface area contributed by atoms with Gasteiger partial charge in [-0.3, -0.25) is 14.5 Å². The monoisotopic (exact) mass is 441 g/mol. The molecule has 0 spiro atoms. The lowest BCUT2D eigenvalue weighted by atomic mass is 9.89. The summed E-state index contributed by atoms with van der Waals surface area (Å²) in [6.45, 7) is 7.20. The predicted octanol–water partition coefficient (Wildman–Crippen LogP) is 3.43. The zero-order valence-electron chi connectivity index (χ0n) is 17.7. The molecule has 2 aromatic rings.